The summed E-state index contributed by atoms with van der Waals surface area (Å²) in [6.07, 6.45) is 8.16. The quantitative estimate of drug-likeness (QED) is 0.670. The standard InChI is InChI=1S/C23H34O3/c1-22(2)9-6-10-23(3)20(17(15-24)7-8-21(22)23)13-16-11-18(25-4)14-19(12-16)26-5/h11-12,14-15,17,20-21H,6-10,13H2,1-5H3. The van der Waals surface area contributed by atoms with Gasteiger partial charge in [0.2, 0.25) is 0 Å². The number of carbonyl (C=O) groups is 1. The lowest BCUT2D eigenvalue weighted by atomic mass is 9.46. The molecule has 0 N–H and O–H groups in total. The number of fused-ring (bicyclic) bond motifs is 1. The van der Waals surface area contributed by atoms with Gasteiger partial charge >= 0.3 is 0 Å². The molecule has 4 unspecified atom stereocenters. The van der Waals surface area contributed by atoms with E-state index in [0.717, 1.165) is 24.3 Å². The van der Waals surface area contributed by atoms with Gasteiger partial charge in [-0.25, -0.2) is 0 Å². The topological polar surface area (TPSA) is 35.5 Å². The molecule has 0 spiro atoms. The number of ether oxygens (including phenoxy) is 2. The molecule has 0 heterocycles. The molecule has 3 heteroatoms. The lowest BCUT2D eigenvalue weighted by Gasteiger charge is -2.59. The number of aldehydes is 1. The molecule has 3 rings (SSSR count). The van der Waals surface area contributed by atoms with Gasteiger partial charge < -0.3 is 14.3 Å². The summed E-state index contributed by atoms with van der Waals surface area (Å²) in [7, 11) is 3.38. The largest absolute Gasteiger partial charge is 0.497 e. The van der Waals surface area contributed by atoms with Gasteiger partial charge in [0.1, 0.15) is 17.8 Å². The minimum Gasteiger partial charge on any atom is -0.497 e. The monoisotopic (exact) mass is 358 g/mol. The van der Waals surface area contributed by atoms with Crippen molar-refractivity contribution in [3.63, 3.8) is 0 Å². The van der Waals surface area contributed by atoms with Crippen molar-refractivity contribution in [2.45, 2.75) is 59.3 Å². The zero-order valence-electron chi connectivity index (χ0n) is 17.0. The fourth-order valence-corrected chi connectivity index (χ4v) is 6.17. The zero-order valence-corrected chi connectivity index (χ0v) is 17.0. The van der Waals surface area contributed by atoms with Crippen LogP contribution in [-0.4, -0.2) is 20.5 Å². The molecule has 4 atom stereocenters. The van der Waals surface area contributed by atoms with Gasteiger partial charge in [0, 0.05) is 12.0 Å². The normalized spacial score (nSPS) is 33.2. The van der Waals surface area contributed by atoms with E-state index in [1.54, 1.807) is 14.2 Å². The Kier molecular flexibility index (Phi) is 5.37. The molecule has 2 saturated carbocycles. The van der Waals surface area contributed by atoms with Crippen molar-refractivity contribution in [1.29, 1.82) is 0 Å². The Balaban J connectivity index is 1.96. The second kappa shape index (κ2) is 7.25. The van der Waals surface area contributed by atoms with Crippen LogP contribution in [0.2, 0.25) is 0 Å². The van der Waals surface area contributed by atoms with Crippen LogP contribution in [0.4, 0.5) is 0 Å². The maximum Gasteiger partial charge on any atom is 0.123 e. The van der Waals surface area contributed by atoms with E-state index in [9.17, 15) is 4.79 Å². The van der Waals surface area contributed by atoms with Crippen molar-refractivity contribution in [2.75, 3.05) is 14.2 Å². The van der Waals surface area contributed by atoms with Gasteiger partial charge in [0.05, 0.1) is 14.2 Å². The summed E-state index contributed by atoms with van der Waals surface area (Å²) in [5.74, 6) is 2.88. The van der Waals surface area contributed by atoms with Crippen LogP contribution in [0, 0.1) is 28.6 Å². The first-order valence-electron chi connectivity index (χ1n) is 10.0. The van der Waals surface area contributed by atoms with Crippen molar-refractivity contribution in [1.82, 2.24) is 0 Å². The van der Waals surface area contributed by atoms with E-state index in [2.05, 4.69) is 32.9 Å². The fourth-order valence-electron chi connectivity index (χ4n) is 6.17. The molecule has 1 aromatic carbocycles. The lowest BCUT2D eigenvalue weighted by molar-refractivity contribution is -0.128. The van der Waals surface area contributed by atoms with Crippen LogP contribution in [0.3, 0.4) is 0 Å². The number of hydrogen-bond donors (Lipinski definition) is 0. The minimum atomic E-state index is 0.155. The predicted molar refractivity (Wildman–Crippen MR) is 105 cm³/mol. The molecule has 2 fully saturated rings. The first kappa shape index (κ1) is 19.3. The van der Waals surface area contributed by atoms with Crippen LogP contribution in [0.5, 0.6) is 11.5 Å². The molecule has 0 saturated heterocycles. The Bertz CT molecular complexity index is 629. The number of methoxy groups -OCH3 is 2. The number of hydrogen-bond acceptors (Lipinski definition) is 3. The second-order valence-electron chi connectivity index (χ2n) is 9.31. The summed E-state index contributed by atoms with van der Waals surface area (Å²) in [5.41, 5.74) is 1.80. The summed E-state index contributed by atoms with van der Waals surface area (Å²) in [4.78, 5) is 11.9. The van der Waals surface area contributed by atoms with Crippen molar-refractivity contribution >= 4 is 6.29 Å². The molecule has 144 valence electrons. The van der Waals surface area contributed by atoms with E-state index in [1.165, 1.54) is 37.5 Å². The maximum atomic E-state index is 11.9. The van der Waals surface area contributed by atoms with Gasteiger partial charge in [-0.05, 0) is 72.5 Å². The Morgan fingerprint density at radius 3 is 2.27 bits per heavy atom. The summed E-state index contributed by atoms with van der Waals surface area (Å²) in [6.45, 7) is 7.32. The van der Waals surface area contributed by atoms with Gasteiger partial charge in [0.15, 0.2) is 0 Å². The molecule has 3 nitrogen and oxygen atoms in total. The second-order valence-corrected chi connectivity index (χ2v) is 9.31. The number of benzene rings is 1. The number of carbonyl (C=O) groups excluding carboxylic acids is 1. The third-order valence-electron chi connectivity index (χ3n) is 7.47. The molecular weight excluding hydrogens is 324 g/mol. The Hall–Kier alpha value is -1.51. The molecule has 26 heavy (non-hydrogen) atoms. The van der Waals surface area contributed by atoms with Gasteiger partial charge in [-0.15, -0.1) is 0 Å². The van der Waals surface area contributed by atoms with E-state index in [0.29, 0.717) is 17.3 Å². The molecular formula is C23H34O3. The van der Waals surface area contributed by atoms with E-state index < -0.39 is 0 Å². The van der Waals surface area contributed by atoms with Crippen LogP contribution in [0.1, 0.15) is 58.4 Å². The van der Waals surface area contributed by atoms with Crippen molar-refractivity contribution in [3.05, 3.63) is 23.8 Å². The van der Waals surface area contributed by atoms with Crippen molar-refractivity contribution in [3.8, 4) is 11.5 Å². The van der Waals surface area contributed by atoms with Crippen molar-refractivity contribution in [2.24, 2.45) is 28.6 Å². The first-order valence-corrected chi connectivity index (χ1v) is 10.0. The average Bonchev–Trinajstić information content (AvgIpc) is 2.61. The Morgan fingerprint density at radius 2 is 1.69 bits per heavy atom. The van der Waals surface area contributed by atoms with Crippen LogP contribution < -0.4 is 9.47 Å². The summed E-state index contributed by atoms with van der Waals surface area (Å²) in [5, 5.41) is 0. The predicted octanol–water partition coefficient (Wildman–Crippen LogP) is 5.30. The first-order chi connectivity index (χ1) is 12.3. The lowest BCUT2D eigenvalue weighted by Crippen LogP contribution is -2.52. The van der Waals surface area contributed by atoms with E-state index in [4.69, 9.17) is 9.47 Å². The number of rotatable bonds is 5. The molecule has 2 aliphatic rings. The summed E-state index contributed by atoms with van der Waals surface area (Å²) < 4.78 is 10.9. The van der Waals surface area contributed by atoms with Crippen LogP contribution in [0.15, 0.2) is 18.2 Å². The highest BCUT2D eigenvalue weighted by molar-refractivity contribution is 5.55. The van der Waals surface area contributed by atoms with Crippen LogP contribution >= 0.6 is 0 Å². The van der Waals surface area contributed by atoms with E-state index in [1.807, 2.05) is 6.07 Å². The third-order valence-corrected chi connectivity index (χ3v) is 7.47. The zero-order chi connectivity index (χ0) is 18.9. The maximum absolute atomic E-state index is 11.9. The van der Waals surface area contributed by atoms with E-state index in [-0.39, 0.29) is 11.3 Å². The third kappa shape index (κ3) is 3.37. The van der Waals surface area contributed by atoms with E-state index >= 15 is 0 Å². The van der Waals surface area contributed by atoms with Crippen LogP contribution in [-0.2, 0) is 11.2 Å². The Labute approximate surface area is 158 Å². The summed E-state index contributed by atoms with van der Waals surface area (Å²) >= 11 is 0. The minimum absolute atomic E-state index is 0.155. The van der Waals surface area contributed by atoms with Crippen molar-refractivity contribution < 1.29 is 14.3 Å². The molecule has 1 aromatic rings. The smallest absolute Gasteiger partial charge is 0.123 e. The fraction of sp³-hybridized carbons (Fsp3) is 0.696. The average molecular weight is 359 g/mol. The van der Waals surface area contributed by atoms with Gasteiger partial charge in [0.25, 0.3) is 0 Å². The molecule has 0 aromatic heterocycles. The van der Waals surface area contributed by atoms with Gasteiger partial charge in [-0.3, -0.25) is 0 Å². The molecule has 0 bridgehead atoms. The highest BCUT2D eigenvalue weighted by atomic mass is 16.5. The summed E-state index contributed by atoms with van der Waals surface area (Å²) in [6, 6.07) is 6.12. The highest BCUT2D eigenvalue weighted by Crippen LogP contribution is 2.61. The SMILES string of the molecule is COc1cc(CC2C(C=O)CCC3C(C)(C)CCCC23C)cc(OC)c1. The van der Waals surface area contributed by atoms with Gasteiger partial charge in [-0.2, -0.15) is 0 Å². The van der Waals surface area contributed by atoms with Crippen LogP contribution in [0.25, 0.3) is 0 Å². The molecule has 0 radical (unpaired) electrons. The molecule has 2 aliphatic carbocycles. The highest BCUT2D eigenvalue weighted by Gasteiger charge is 2.54. The molecule has 0 amide bonds. The Morgan fingerprint density at radius 1 is 1.04 bits per heavy atom. The molecule has 0 aliphatic heterocycles. The van der Waals surface area contributed by atoms with Gasteiger partial charge in [-0.1, -0.05) is 27.2 Å².